The highest BCUT2D eigenvalue weighted by Crippen LogP contribution is 2.74. The van der Waals surface area contributed by atoms with Crippen molar-refractivity contribution < 1.29 is 24.2 Å². The van der Waals surface area contributed by atoms with Gasteiger partial charge in [0.1, 0.15) is 11.9 Å². The predicted molar refractivity (Wildman–Crippen MR) is 149 cm³/mol. The maximum Gasteiger partial charge on any atom is 0.330 e. The monoisotopic (exact) mass is 524 g/mol. The van der Waals surface area contributed by atoms with Gasteiger partial charge < -0.3 is 9.84 Å². The molecule has 0 saturated heterocycles. The Morgan fingerprint density at radius 3 is 2.32 bits per heavy atom. The van der Waals surface area contributed by atoms with E-state index in [0.29, 0.717) is 29.6 Å². The number of carbonyl (C=O) groups excluding carboxylic acids is 2. The first-order valence-corrected chi connectivity index (χ1v) is 14.5. The maximum absolute atomic E-state index is 13.1. The molecule has 0 bridgehead atoms. The number of ketones is 1. The number of hydrogen-bond donors (Lipinski definition) is 1. The maximum atomic E-state index is 13.1. The summed E-state index contributed by atoms with van der Waals surface area (Å²) in [4.78, 5) is 36.7. The lowest BCUT2D eigenvalue weighted by Crippen LogP contribution is -2.60. The number of carboxylic acid groups (broad SMARTS) is 1. The minimum absolute atomic E-state index is 0.0997. The third kappa shape index (κ3) is 3.73. The Morgan fingerprint density at radius 1 is 1.08 bits per heavy atom. The van der Waals surface area contributed by atoms with Gasteiger partial charge in [0.2, 0.25) is 0 Å². The number of aliphatic carboxylic acids is 1. The summed E-state index contributed by atoms with van der Waals surface area (Å²) in [5.41, 5.74) is 1.96. The van der Waals surface area contributed by atoms with E-state index in [1.807, 2.05) is 6.08 Å². The molecule has 0 spiro atoms. The molecule has 1 N–H and O–H groups in total. The molecule has 4 rings (SSSR count). The first-order chi connectivity index (χ1) is 17.5. The van der Waals surface area contributed by atoms with Gasteiger partial charge >= 0.3 is 11.9 Å². The van der Waals surface area contributed by atoms with Gasteiger partial charge in [-0.1, -0.05) is 66.7 Å². The molecule has 2 fully saturated rings. The molecule has 7 unspecified atom stereocenters. The highest BCUT2D eigenvalue weighted by Gasteiger charge is 2.69. The van der Waals surface area contributed by atoms with Gasteiger partial charge in [-0.2, -0.15) is 0 Å². The minimum atomic E-state index is -0.866. The number of Topliss-reactive ketones (excluding diaryl/α,β-unsaturated/α-hetero) is 1. The van der Waals surface area contributed by atoms with Crippen molar-refractivity contribution >= 4 is 17.7 Å². The summed E-state index contributed by atoms with van der Waals surface area (Å²) in [6, 6.07) is 0. The Morgan fingerprint density at radius 2 is 1.71 bits per heavy atom. The molecule has 38 heavy (non-hydrogen) atoms. The van der Waals surface area contributed by atoms with Crippen LogP contribution >= 0.6 is 0 Å². The molecule has 0 aromatic heterocycles. The van der Waals surface area contributed by atoms with Crippen molar-refractivity contribution in [3.05, 3.63) is 34.9 Å². The van der Waals surface area contributed by atoms with Gasteiger partial charge in [-0.05, 0) is 84.7 Å². The van der Waals surface area contributed by atoms with E-state index in [1.54, 1.807) is 6.92 Å². The van der Waals surface area contributed by atoms with E-state index in [1.165, 1.54) is 18.1 Å². The predicted octanol–water partition coefficient (Wildman–Crippen LogP) is 7.46. The first-order valence-electron chi connectivity index (χ1n) is 14.5. The second-order valence-electron chi connectivity index (χ2n) is 14.2. The van der Waals surface area contributed by atoms with E-state index >= 15 is 0 Å². The molecule has 210 valence electrons. The van der Waals surface area contributed by atoms with Crippen LogP contribution in [-0.4, -0.2) is 28.9 Å². The largest absolute Gasteiger partial charge is 0.478 e. The quantitative estimate of drug-likeness (QED) is 0.288. The van der Waals surface area contributed by atoms with E-state index < -0.39 is 11.4 Å². The zero-order chi connectivity index (χ0) is 28.5. The van der Waals surface area contributed by atoms with Crippen LogP contribution in [0.25, 0.3) is 0 Å². The van der Waals surface area contributed by atoms with Crippen molar-refractivity contribution in [2.75, 3.05) is 0 Å². The Balaban J connectivity index is 1.77. The molecule has 2 saturated carbocycles. The van der Waals surface area contributed by atoms with Crippen LogP contribution in [0.5, 0.6) is 0 Å². The summed E-state index contributed by atoms with van der Waals surface area (Å²) in [7, 11) is 0. The summed E-state index contributed by atoms with van der Waals surface area (Å²) in [5, 5.41) is 9.24. The van der Waals surface area contributed by atoms with Crippen LogP contribution in [-0.2, 0) is 19.1 Å². The molecule has 0 heterocycles. The van der Waals surface area contributed by atoms with Gasteiger partial charge in [0, 0.05) is 29.7 Å². The van der Waals surface area contributed by atoms with Gasteiger partial charge in [-0.15, -0.1) is 0 Å². The lowest BCUT2D eigenvalue weighted by molar-refractivity contribution is -0.155. The zero-order valence-electron chi connectivity index (χ0n) is 25.0. The zero-order valence-corrected chi connectivity index (χ0v) is 25.0. The molecule has 5 heteroatoms. The highest BCUT2D eigenvalue weighted by molar-refractivity contribution is 5.87. The normalized spacial score (nSPS) is 40.8. The average molecular weight is 525 g/mol. The summed E-state index contributed by atoms with van der Waals surface area (Å²) in [6.45, 7) is 19.1. The molecule has 4 aliphatic rings. The van der Waals surface area contributed by atoms with Gasteiger partial charge in [0.05, 0.1) is 0 Å². The topological polar surface area (TPSA) is 80.7 Å². The summed E-state index contributed by atoms with van der Waals surface area (Å²) < 4.78 is 6.15. The molecule has 0 aliphatic heterocycles. The van der Waals surface area contributed by atoms with E-state index in [0.717, 1.165) is 38.5 Å². The Hall–Kier alpha value is -2.17. The number of rotatable bonds is 6. The van der Waals surface area contributed by atoms with Crippen molar-refractivity contribution in [2.45, 2.75) is 113 Å². The second kappa shape index (κ2) is 9.20. The number of carboxylic acids is 1. The number of carbonyl (C=O) groups is 3. The summed E-state index contributed by atoms with van der Waals surface area (Å²) in [5.74, 6) is -0.0554. The van der Waals surface area contributed by atoms with Crippen molar-refractivity contribution in [3.8, 4) is 0 Å². The number of hydrogen-bond acceptors (Lipinski definition) is 4. The van der Waals surface area contributed by atoms with Crippen molar-refractivity contribution in [1.82, 2.24) is 0 Å². The standard InChI is InChI=1S/C33H48O5/c1-20(11-10-12-21(2)28(36)37)25-19-27(38-22(3)34)33(9)24-14-18-32(8)29(4,5)26(35)15-17-30(32,6)23(24)13-16-31(25,33)7/h12-14,20,25,27H,10-11,15-19H2,1-9H3,(H,36,37). The van der Waals surface area contributed by atoms with Gasteiger partial charge in [0.25, 0.3) is 0 Å². The van der Waals surface area contributed by atoms with Crippen molar-refractivity contribution in [3.63, 3.8) is 0 Å². The minimum Gasteiger partial charge on any atom is -0.478 e. The molecular formula is C33H48O5. The fourth-order valence-electron chi connectivity index (χ4n) is 9.12. The summed E-state index contributed by atoms with van der Waals surface area (Å²) >= 11 is 0. The van der Waals surface area contributed by atoms with Crippen molar-refractivity contribution in [1.29, 1.82) is 0 Å². The van der Waals surface area contributed by atoms with Crippen LogP contribution in [0.3, 0.4) is 0 Å². The molecule has 0 aromatic rings. The Labute approximate surface area is 229 Å². The molecule has 7 atom stereocenters. The molecule has 0 radical (unpaired) electrons. The van der Waals surface area contributed by atoms with Crippen LogP contribution in [0.1, 0.15) is 107 Å². The van der Waals surface area contributed by atoms with Crippen LogP contribution in [0, 0.1) is 38.9 Å². The smallest absolute Gasteiger partial charge is 0.330 e. The third-order valence-electron chi connectivity index (χ3n) is 12.6. The molecule has 0 amide bonds. The lowest BCUT2D eigenvalue weighted by atomic mass is 9.38. The van der Waals surface area contributed by atoms with Gasteiger partial charge in [-0.3, -0.25) is 9.59 Å². The lowest BCUT2D eigenvalue weighted by Gasteiger charge is -2.64. The molecule has 0 aromatic carbocycles. The third-order valence-corrected chi connectivity index (χ3v) is 12.6. The van der Waals surface area contributed by atoms with Gasteiger partial charge in [-0.25, -0.2) is 4.79 Å². The number of fused-ring (bicyclic) bond motifs is 5. The number of ether oxygens (including phenoxy) is 1. The molecular weight excluding hydrogens is 476 g/mol. The van der Waals surface area contributed by atoms with E-state index in [4.69, 9.17) is 4.74 Å². The number of allylic oxidation sites excluding steroid dienone is 4. The first kappa shape index (κ1) is 28.8. The highest BCUT2D eigenvalue weighted by atomic mass is 16.5. The van der Waals surface area contributed by atoms with Crippen LogP contribution in [0.15, 0.2) is 34.9 Å². The van der Waals surface area contributed by atoms with Crippen molar-refractivity contribution in [2.24, 2.45) is 38.9 Å². The Bertz CT molecular complexity index is 1140. The second-order valence-corrected chi connectivity index (χ2v) is 14.2. The summed E-state index contributed by atoms with van der Waals surface area (Å²) in [6.07, 6.45) is 12.1. The molecule has 4 aliphatic carbocycles. The Kier molecular flexibility index (Phi) is 6.98. The molecule has 5 nitrogen and oxygen atoms in total. The number of esters is 1. The SMILES string of the molecule is CC(=O)OC1CC(C(C)CCC=C(C)C(=O)O)C2(C)CC=C3C(=CCC4(C)C(C)(C)C(=O)CCC34C)C12C. The van der Waals surface area contributed by atoms with E-state index in [2.05, 4.69) is 60.6 Å². The van der Waals surface area contributed by atoms with Gasteiger partial charge in [0.15, 0.2) is 0 Å². The fraction of sp³-hybridized carbons (Fsp3) is 0.727. The van der Waals surface area contributed by atoms with E-state index in [-0.39, 0.29) is 33.7 Å². The van der Waals surface area contributed by atoms with Crippen LogP contribution < -0.4 is 0 Å². The van der Waals surface area contributed by atoms with E-state index in [9.17, 15) is 19.5 Å². The average Bonchev–Trinajstić information content (AvgIpc) is 3.05. The van der Waals surface area contributed by atoms with Crippen LogP contribution in [0.2, 0.25) is 0 Å². The fourth-order valence-corrected chi connectivity index (χ4v) is 9.12. The van der Waals surface area contributed by atoms with Crippen LogP contribution in [0.4, 0.5) is 0 Å².